The van der Waals surface area contributed by atoms with Gasteiger partial charge in [-0.3, -0.25) is 9.20 Å². The average molecular weight is 386 g/mol. The summed E-state index contributed by atoms with van der Waals surface area (Å²) in [5.41, 5.74) is 2.92. The summed E-state index contributed by atoms with van der Waals surface area (Å²) < 4.78 is 2.02. The van der Waals surface area contributed by atoms with Crippen LogP contribution in [0.2, 0.25) is 5.02 Å². The number of imidazole rings is 1. The molecule has 4 nitrogen and oxygen atoms in total. The lowest BCUT2D eigenvalue weighted by Crippen LogP contribution is -2.32. The normalized spacial score (nSPS) is 16.2. The van der Waals surface area contributed by atoms with Crippen LogP contribution < -0.4 is 15.0 Å². The van der Waals surface area contributed by atoms with Crippen LogP contribution >= 0.6 is 34.7 Å². The van der Waals surface area contributed by atoms with Crippen LogP contribution in [0.3, 0.4) is 0 Å². The molecule has 0 amide bonds. The largest absolute Gasteiger partial charge is 0.333 e. The number of nitrogens with zero attached hydrogens (tertiary/aromatic N) is 3. The molecular formula is C18H12ClN3OS2. The highest BCUT2D eigenvalue weighted by Crippen LogP contribution is 2.47. The van der Waals surface area contributed by atoms with Gasteiger partial charge in [0.25, 0.3) is 4.74 Å². The fourth-order valence-electron chi connectivity index (χ4n) is 3.24. The molecule has 3 heterocycles. The predicted molar refractivity (Wildman–Crippen MR) is 106 cm³/mol. The zero-order valence-electron chi connectivity index (χ0n) is 13.2. The molecule has 25 heavy (non-hydrogen) atoms. The summed E-state index contributed by atoms with van der Waals surface area (Å²) >= 11 is 9.00. The molecule has 0 radical (unpaired) electrons. The number of thiazole rings is 1. The minimum absolute atomic E-state index is 0.0353. The first-order valence-corrected chi connectivity index (χ1v) is 9.87. The van der Waals surface area contributed by atoms with Gasteiger partial charge in [-0.15, -0.1) is 0 Å². The van der Waals surface area contributed by atoms with E-state index in [1.807, 2.05) is 46.9 Å². The standard InChI is InChI=1S/C18H12ClN3OS2/c1-2-21-13-9-10(19)7-8-14(13)24-16(21)15-17(23)25-18-20-11-5-3-4-6-12(11)22(15)18/h3-9H,2H2,1H3/b16-15-. The smallest absolute Gasteiger partial charge is 0.262 e. The molecule has 1 aliphatic heterocycles. The minimum atomic E-state index is 0.0353. The summed E-state index contributed by atoms with van der Waals surface area (Å²) in [5.74, 6) is 0. The summed E-state index contributed by atoms with van der Waals surface area (Å²) in [6.07, 6.45) is 0. The van der Waals surface area contributed by atoms with Gasteiger partial charge in [0, 0.05) is 16.5 Å². The number of fused-ring (bicyclic) bond motifs is 4. The zero-order valence-corrected chi connectivity index (χ0v) is 15.6. The molecule has 0 spiro atoms. The predicted octanol–water partition coefficient (Wildman–Crippen LogP) is 3.98. The first kappa shape index (κ1) is 15.3. The summed E-state index contributed by atoms with van der Waals surface area (Å²) in [5, 5.41) is 2.33. The summed E-state index contributed by atoms with van der Waals surface area (Å²) in [7, 11) is 0. The quantitative estimate of drug-likeness (QED) is 0.496. The van der Waals surface area contributed by atoms with Gasteiger partial charge in [0.2, 0.25) is 0 Å². The first-order chi connectivity index (χ1) is 12.2. The second-order valence-corrected chi connectivity index (χ2v) is 8.13. The van der Waals surface area contributed by atoms with Crippen molar-refractivity contribution in [1.82, 2.24) is 9.38 Å². The Balaban J connectivity index is 1.91. The molecule has 0 bridgehead atoms. The lowest BCUT2D eigenvalue weighted by Gasteiger charge is -2.17. The van der Waals surface area contributed by atoms with Crippen molar-refractivity contribution in [3.63, 3.8) is 0 Å². The van der Waals surface area contributed by atoms with Gasteiger partial charge in [-0.05, 0) is 37.3 Å². The lowest BCUT2D eigenvalue weighted by molar-refractivity contribution is 1.03. The topological polar surface area (TPSA) is 37.6 Å². The molecule has 0 saturated carbocycles. The van der Waals surface area contributed by atoms with E-state index in [1.54, 1.807) is 11.8 Å². The van der Waals surface area contributed by atoms with Crippen molar-refractivity contribution in [3.8, 4) is 0 Å². The molecule has 0 fully saturated rings. The van der Waals surface area contributed by atoms with Gasteiger partial charge in [-0.25, -0.2) is 4.98 Å². The molecule has 1 aliphatic rings. The van der Waals surface area contributed by atoms with E-state index in [0.717, 1.165) is 38.2 Å². The monoisotopic (exact) mass is 385 g/mol. The first-order valence-electron chi connectivity index (χ1n) is 7.86. The number of rotatable bonds is 1. The van der Waals surface area contributed by atoms with E-state index in [0.29, 0.717) is 10.4 Å². The highest BCUT2D eigenvalue weighted by atomic mass is 35.5. The molecule has 5 rings (SSSR count). The molecular weight excluding hydrogens is 374 g/mol. The maximum atomic E-state index is 12.8. The number of benzene rings is 2. The summed E-state index contributed by atoms with van der Waals surface area (Å²) in [6, 6.07) is 13.8. The maximum absolute atomic E-state index is 12.8. The van der Waals surface area contributed by atoms with E-state index < -0.39 is 0 Å². The van der Waals surface area contributed by atoms with Gasteiger partial charge >= 0.3 is 0 Å². The molecule has 0 saturated heterocycles. The summed E-state index contributed by atoms with van der Waals surface area (Å²) in [4.78, 5) is 21.4. The highest BCUT2D eigenvalue weighted by Gasteiger charge is 2.27. The van der Waals surface area contributed by atoms with E-state index in [9.17, 15) is 4.79 Å². The number of halogens is 1. The summed E-state index contributed by atoms with van der Waals surface area (Å²) in [6.45, 7) is 2.84. The van der Waals surface area contributed by atoms with Crippen molar-refractivity contribution in [2.24, 2.45) is 0 Å². The Bertz CT molecular complexity index is 1260. The van der Waals surface area contributed by atoms with Crippen molar-refractivity contribution < 1.29 is 0 Å². The van der Waals surface area contributed by atoms with Crippen LogP contribution in [-0.4, -0.2) is 15.9 Å². The second kappa shape index (κ2) is 5.49. The third-order valence-electron chi connectivity index (χ3n) is 4.31. The van der Waals surface area contributed by atoms with Crippen molar-refractivity contribution in [3.05, 3.63) is 62.4 Å². The van der Waals surface area contributed by atoms with Gasteiger partial charge in [-0.1, -0.05) is 46.8 Å². The Hall–Kier alpha value is -2.02. The molecule has 0 unspecified atom stereocenters. The van der Waals surface area contributed by atoms with Crippen molar-refractivity contribution in [1.29, 1.82) is 0 Å². The van der Waals surface area contributed by atoms with Crippen LogP contribution in [0, 0.1) is 0 Å². The van der Waals surface area contributed by atoms with Crippen LogP contribution in [-0.2, 0) is 0 Å². The Morgan fingerprint density at radius 2 is 2.04 bits per heavy atom. The molecule has 7 heteroatoms. The van der Waals surface area contributed by atoms with Gasteiger partial charge in [0.15, 0.2) is 4.96 Å². The average Bonchev–Trinajstić information content (AvgIpc) is 3.22. The van der Waals surface area contributed by atoms with Crippen LogP contribution in [0.15, 0.2) is 52.2 Å². The van der Waals surface area contributed by atoms with Crippen LogP contribution in [0.4, 0.5) is 5.69 Å². The molecule has 4 aromatic rings. The molecule has 124 valence electrons. The van der Waals surface area contributed by atoms with Gasteiger partial charge in [-0.2, -0.15) is 0 Å². The van der Waals surface area contributed by atoms with Gasteiger partial charge in [0.1, 0.15) is 10.4 Å². The molecule has 0 N–H and O–H groups in total. The van der Waals surface area contributed by atoms with E-state index >= 15 is 0 Å². The fraction of sp³-hybridized carbons (Fsp3) is 0.111. The number of para-hydroxylation sites is 2. The third kappa shape index (κ3) is 2.14. The van der Waals surface area contributed by atoms with E-state index in [-0.39, 0.29) is 4.74 Å². The lowest BCUT2D eigenvalue weighted by atomic mass is 10.3. The van der Waals surface area contributed by atoms with Crippen molar-refractivity contribution in [2.75, 3.05) is 11.4 Å². The van der Waals surface area contributed by atoms with E-state index in [4.69, 9.17) is 11.6 Å². The number of hydrogen-bond donors (Lipinski definition) is 0. The van der Waals surface area contributed by atoms with E-state index in [2.05, 4.69) is 16.8 Å². The zero-order chi connectivity index (χ0) is 17.1. The highest BCUT2D eigenvalue weighted by molar-refractivity contribution is 8.08. The number of thioether (sulfide) groups is 1. The van der Waals surface area contributed by atoms with Crippen LogP contribution in [0.1, 0.15) is 6.92 Å². The third-order valence-corrected chi connectivity index (χ3v) is 6.56. The van der Waals surface area contributed by atoms with Crippen LogP contribution in [0.25, 0.3) is 21.0 Å². The minimum Gasteiger partial charge on any atom is -0.333 e. The van der Waals surface area contributed by atoms with Gasteiger partial charge < -0.3 is 4.90 Å². The SMILES string of the molecule is CCN1/C(=c2\c(=O)sc3nc4ccccc4n23)Sc2ccc(Cl)cc21. The number of aromatic nitrogens is 2. The maximum Gasteiger partial charge on any atom is 0.262 e. The number of hydrogen-bond acceptors (Lipinski definition) is 5. The molecule has 0 atom stereocenters. The Labute approximate surface area is 156 Å². The molecule has 0 aliphatic carbocycles. The Morgan fingerprint density at radius 1 is 1.20 bits per heavy atom. The van der Waals surface area contributed by atoms with Gasteiger partial charge in [0.05, 0.1) is 16.7 Å². The van der Waals surface area contributed by atoms with E-state index in [1.165, 1.54) is 11.3 Å². The molecule has 2 aromatic carbocycles. The van der Waals surface area contributed by atoms with Crippen LogP contribution in [0.5, 0.6) is 0 Å². The van der Waals surface area contributed by atoms with Crippen molar-refractivity contribution >= 4 is 61.4 Å². The fourth-order valence-corrected chi connectivity index (χ4v) is 5.58. The Kier molecular flexibility index (Phi) is 3.35. The number of anilines is 1. The van der Waals surface area contributed by atoms with Crippen molar-refractivity contribution in [2.45, 2.75) is 11.8 Å². The Morgan fingerprint density at radius 3 is 2.88 bits per heavy atom. The second-order valence-electron chi connectivity index (χ2n) is 5.72. The molecule has 2 aromatic heterocycles.